The van der Waals surface area contributed by atoms with Crippen LogP contribution in [0, 0.1) is 17.8 Å². The Balaban J connectivity index is 2.76. The molecule has 0 amide bonds. The molecule has 1 aliphatic rings. The Morgan fingerprint density at radius 3 is 2.15 bits per heavy atom. The summed E-state index contributed by atoms with van der Waals surface area (Å²) in [6.45, 7) is 5.65. The minimum absolute atomic E-state index is 0.00870. The van der Waals surface area contributed by atoms with Gasteiger partial charge >= 0.3 is 5.97 Å². The first-order valence-electron chi connectivity index (χ1n) is 4.51. The molecule has 1 fully saturated rings. The normalized spacial score (nSPS) is 46.0. The topological polar surface area (TPSA) is 66.8 Å². The van der Waals surface area contributed by atoms with Crippen molar-refractivity contribution >= 4 is 5.97 Å². The monoisotopic (exact) mass is 188 g/mol. The molecule has 2 N–H and O–H groups in total. The highest BCUT2D eigenvalue weighted by Gasteiger charge is 2.41. The zero-order valence-corrected chi connectivity index (χ0v) is 8.10. The molecule has 4 nitrogen and oxygen atoms in total. The van der Waals surface area contributed by atoms with Gasteiger partial charge in [-0.05, 0) is 11.8 Å². The number of hydrogen-bond donors (Lipinski definition) is 2. The SMILES string of the molecule is CC1[C@H](O)OC(C(=O)O)[C@H](C)[C@@H]1C. The van der Waals surface area contributed by atoms with Crippen molar-refractivity contribution in [1.82, 2.24) is 0 Å². The Kier molecular flexibility index (Phi) is 2.93. The predicted octanol–water partition coefficient (Wildman–Crippen LogP) is 0.696. The van der Waals surface area contributed by atoms with Crippen molar-refractivity contribution in [3.8, 4) is 0 Å². The number of rotatable bonds is 1. The molecule has 1 heterocycles. The van der Waals surface area contributed by atoms with E-state index < -0.39 is 18.4 Å². The highest BCUT2D eigenvalue weighted by atomic mass is 16.6. The Hall–Kier alpha value is -0.610. The van der Waals surface area contributed by atoms with E-state index in [-0.39, 0.29) is 17.8 Å². The van der Waals surface area contributed by atoms with E-state index in [4.69, 9.17) is 9.84 Å². The zero-order chi connectivity index (χ0) is 10.2. The third kappa shape index (κ3) is 1.84. The van der Waals surface area contributed by atoms with Gasteiger partial charge in [0.05, 0.1) is 0 Å². The summed E-state index contributed by atoms with van der Waals surface area (Å²) in [5.41, 5.74) is 0. The number of carboxylic acids is 1. The first-order valence-corrected chi connectivity index (χ1v) is 4.51. The fraction of sp³-hybridized carbons (Fsp3) is 0.889. The molecule has 0 saturated carbocycles. The van der Waals surface area contributed by atoms with E-state index in [1.165, 1.54) is 0 Å². The molecule has 2 unspecified atom stereocenters. The van der Waals surface area contributed by atoms with Gasteiger partial charge in [0, 0.05) is 5.92 Å². The largest absolute Gasteiger partial charge is 0.479 e. The van der Waals surface area contributed by atoms with Crippen molar-refractivity contribution < 1.29 is 19.7 Å². The van der Waals surface area contributed by atoms with Crippen LogP contribution in [0.5, 0.6) is 0 Å². The first-order chi connectivity index (χ1) is 5.95. The molecule has 0 aromatic carbocycles. The zero-order valence-electron chi connectivity index (χ0n) is 8.10. The van der Waals surface area contributed by atoms with Gasteiger partial charge in [-0.1, -0.05) is 20.8 Å². The molecule has 1 aliphatic heterocycles. The molecule has 0 aromatic heterocycles. The maximum absolute atomic E-state index is 10.7. The maximum atomic E-state index is 10.7. The number of hydrogen-bond acceptors (Lipinski definition) is 3. The molecular formula is C9H16O4. The van der Waals surface area contributed by atoms with Crippen LogP contribution in [0.25, 0.3) is 0 Å². The van der Waals surface area contributed by atoms with Gasteiger partial charge in [-0.2, -0.15) is 0 Å². The summed E-state index contributed by atoms with van der Waals surface area (Å²) in [6, 6.07) is 0. The number of aliphatic hydroxyl groups is 1. The lowest BCUT2D eigenvalue weighted by Gasteiger charge is -2.39. The maximum Gasteiger partial charge on any atom is 0.333 e. The van der Waals surface area contributed by atoms with E-state index >= 15 is 0 Å². The minimum atomic E-state index is -0.995. The predicted molar refractivity (Wildman–Crippen MR) is 46.0 cm³/mol. The fourth-order valence-electron chi connectivity index (χ4n) is 1.70. The van der Waals surface area contributed by atoms with E-state index in [2.05, 4.69) is 0 Å². The summed E-state index contributed by atoms with van der Waals surface area (Å²) < 4.78 is 5.00. The molecule has 0 aromatic rings. The average molecular weight is 188 g/mol. The summed E-state index contributed by atoms with van der Waals surface area (Å²) in [4.78, 5) is 10.7. The van der Waals surface area contributed by atoms with E-state index in [9.17, 15) is 9.90 Å². The van der Waals surface area contributed by atoms with Gasteiger partial charge in [-0.3, -0.25) is 0 Å². The molecule has 0 aliphatic carbocycles. The van der Waals surface area contributed by atoms with Gasteiger partial charge < -0.3 is 14.9 Å². The second-order valence-electron chi connectivity index (χ2n) is 3.86. The van der Waals surface area contributed by atoms with Crippen LogP contribution in [0.15, 0.2) is 0 Å². The Bertz CT molecular complexity index is 204. The van der Waals surface area contributed by atoms with Crippen LogP contribution in [0.4, 0.5) is 0 Å². The summed E-state index contributed by atoms with van der Waals surface area (Å²) in [5, 5.41) is 18.2. The van der Waals surface area contributed by atoms with Crippen LogP contribution in [0.2, 0.25) is 0 Å². The van der Waals surface area contributed by atoms with Crippen LogP contribution in [0.3, 0.4) is 0 Å². The van der Waals surface area contributed by atoms with Crippen molar-refractivity contribution in [3.63, 3.8) is 0 Å². The molecular weight excluding hydrogens is 172 g/mol. The van der Waals surface area contributed by atoms with Crippen LogP contribution < -0.4 is 0 Å². The summed E-state index contributed by atoms with van der Waals surface area (Å²) >= 11 is 0. The van der Waals surface area contributed by atoms with Gasteiger partial charge in [0.2, 0.25) is 0 Å². The summed E-state index contributed by atoms with van der Waals surface area (Å²) in [5.74, 6) is -0.906. The number of carbonyl (C=O) groups is 1. The van der Waals surface area contributed by atoms with Crippen LogP contribution in [0.1, 0.15) is 20.8 Å². The molecule has 13 heavy (non-hydrogen) atoms. The highest BCUT2D eigenvalue weighted by molar-refractivity contribution is 5.72. The lowest BCUT2D eigenvalue weighted by Crippen LogP contribution is -2.48. The lowest BCUT2D eigenvalue weighted by atomic mass is 9.79. The smallest absolute Gasteiger partial charge is 0.333 e. The molecule has 0 radical (unpaired) electrons. The van der Waals surface area contributed by atoms with Gasteiger partial charge in [0.25, 0.3) is 0 Å². The second-order valence-corrected chi connectivity index (χ2v) is 3.86. The Morgan fingerprint density at radius 2 is 1.69 bits per heavy atom. The lowest BCUT2D eigenvalue weighted by molar-refractivity contribution is -0.230. The molecule has 76 valence electrons. The third-order valence-electron chi connectivity index (χ3n) is 3.12. The number of carboxylic acid groups (broad SMARTS) is 1. The van der Waals surface area contributed by atoms with Gasteiger partial charge in [0.15, 0.2) is 12.4 Å². The van der Waals surface area contributed by atoms with Crippen molar-refractivity contribution in [1.29, 1.82) is 0 Å². The quantitative estimate of drug-likeness (QED) is 0.635. The van der Waals surface area contributed by atoms with E-state index in [0.717, 1.165) is 0 Å². The van der Waals surface area contributed by atoms with Crippen molar-refractivity contribution in [2.75, 3.05) is 0 Å². The average Bonchev–Trinajstić information content (AvgIpc) is 2.07. The van der Waals surface area contributed by atoms with E-state index in [0.29, 0.717) is 0 Å². The first kappa shape index (κ1) is 10.5. The summed E-state index contributed by atoms with van der Waals surface area (Å²) in [6.07, 6.45) is -1.83. The van der Waals surface area contributed by atoms with Crippen molar-refractivity contribution in [2.45, 2.75) is 33.2 Å². The van der Waals surface area contributed by atoms with Crippen LogP contribution in [-0.4, -0.2) is 28.6 Å². The van der Waals surface area contributed by atoms with Crippen LogP contribution in [-0.2, 0) is 9.53 Å². The second kappa shape index (κ2) is 3.64. The molecule has 4 heteroatoms. The van der Waals surface area contributed by atoms with Gasteiger partial charge in [0.1, 0.15) is 0 Å². The van der Waals surface area contributed by atoms with Crippen LogP contribution >= 0.6 is 0 Å². The fourth-order valence-corrected chi connectivity index (χ4v) is 1.70. The molecule has 0 spiro atoms. The van der Waals surface area contributed by atoms with E-state index in [1.54, 1.807) is 0 Å². The Morgan fingerprint density at radius 1 is 1.15 bits per heavy atom. The Labute approximate surface area is 77.5 Å². The minimum Gasteiger partial charge on any atom is -0.479 e. The number of aliphatic hydroxyl groups excluding tert-OH is 1. The van der Waals surface area contributed by atoms with Crippen molar-refractivity contribution in [3.05, 3.63) is 0 Å². The summed E-state index contributed by atoms with van der Waals surface area (Å²) in [7, 11) is 0. The third-order valence-corrected chi connectivity index (χ3v) is 3.12. The number of ether oxygens (including phenoxy) is 1. The molecule has 1 rings (SSSR count). The van der Waals surface area contributed by atoms with E-state index in [1.807, 2.05) is 20.8 Å². The molecule has 5 atom stereocenters. The van der Waals surface area contributed by atoms with Gasteiger partial charge in [-0.25, -0.2) is 4.79 Å². The highest BCUT2D eigenvalue weighted by Crippen LogP contribution is 2.33. The molecule has 1 saturated heterocycles. The number of aliphatic carboxylic acids is 1. The standard InChI is InChI=1S/C9H16O4/c1-4-5(2)7(8(10)11)13-9(12)6(4)3/h4-7,9,12H,1-3H3,(H,10,11)/t4-,5+,6?,7?,9+/m0/s1. The van der Waals surface area contributed by atoms with Crippen molar-refractivity contribution in [2.24, 2.45) is 17.8 Å². The van der Waals surface area contributed by atoms with Gasteiger partial charge in [-0.15, -0.1) is 0 Å². The molecule has 0 bridgehead atoms.